The van der Waals surface area contributed by atoms with Gasteiger partial charge >= 0.3 is 0 Å². The Kier molecular flexibility index (Phi) is 6.11. The van der Waals surface area contributed by atoms with Crippen molar-refractivity contribution in [1.29, 1.82) is 0 Å². The van der Waals surface area contributed by atoms with Gasteiger partial charge in [-0.25, -0.2) is 0 Å². The van der Waals surface area contributed by atoms with E-state index in [1.54, 1.807) is 0 Å². The number of nitrogens with zero attached hydrogens (tertiary/aromatic N) is 1. The second-order valence-corrected chi connectivity index (χ2v) is 6.73. The summed E-state index contributed by atoms with van der Waals surface area (Å²) < 4.78 is 0. The van der Waals surface area contributed by atoms with Gasteiger partial charge in [0.25, 0.3) is 0 Å². The third kappa shape index (κ3) is 5.05. The molecule has 1 aliphatic heterocycles. The minimum absolute atomic E-state index is 0.347. The molecule has 0 spiro atoms. The zero-order chi connectivity index (χ0) is 13.7. The van der Waals surface area contributed by atoms with Crippen molar-refractivity contribution in [2.75, 3.05) is 26.2 Å². The molecule has 0 aromatic heterocycles. The van der Waals surface area contributed by atoms with Crippen LogP contribution in [-0.2, 0) is 0 Å². The van der Waals surface area contributed by atoms with Crippen LogP contribution in [0.25, 0.3) is 0 Å². The minimum Gasteiger partial charge on any atom is -0.396 e. The Morgan fingerprint density at radius 3 is 2.68 bits per heavy atom. The summed E-state index contributed by atoms with van der Waals surface area (Å²) in [5.74, 6) is 1.74. The van der Waals surface area contributed by atoms with E-state index in [0.717, 1.165) is 18.3 Å². The molecule has 0 bridgehead atoms. The first kappa shape index (κ1) is 15.3. The lowest BCUT2D eigenvalue weighted by Crippen LogP contribution is -2.52. The van der Waals surface area contributed by atoms with Gasteiger partial charge < -0.3 is 10.4 Å². The second kappa shape index (κ2) is 7.61. The minimum atomic E-state index is 0.347. The van der Waals surface area contributed by atoms with Gasteiger partial charge in [-0.3, -0.25) is 4.90 Å². The van der Waals surface area contributed by atoms with Crippen molar-refractivity contribution < 1.29 is 5.11 Å². The molecular formula is C16H32N2O. The molecule has 1 saturated heterocycles. The monoisotopic (exact) mass is 268 g/mol. The van der Waals surface area contributed by atoms with Crippen LogP contribution in [-0.4, -0.2) is 48.3 Å². The average molecular weight is 268 g/mol. The van der Waals surface area contributed by atoms with Crippen LogP contribution in [0.4, 0.5) is 0 Å². The van der Waals surface area contributed by atoms with E-state index in [2.05, 4.69) is 24.1 Å². The summed E-state index contributed by atoms with van der Waals surface area (Å²) in [6.07, 6.45) is 7.56. The maximum atomic E-state index is 9.04. The van der Waals surface area contributed by atoms with E-state index in [-0.39, 0.29) is 0 Å². The Labute approximate surface area is 118 Å². The van der Waals surface area contributed by atoms with Gasteiger partial charge in [0.1, 0.15) is 0 Å². The third-order valence-electron chi connectivity index (χ3n) is 4.94. The van der Waals surface area contributed by atoms with Crippen LogP contribution < -0.4 is 5.32 Å². The van der Waals surface area contributed by atoms with E-state index in [1.807, 2.05) is 0 Å². The van der Waals surface area contributed by atoms with Crippen molar-refractivity contribution in [2.24, 2.45) is 11.8 Å². The van der Waals surface area contributed by atoms with Gasteiger partial charge in [0, 0.05) is 31.8 Å². The fraction of sp³-hybridized carbons (Fsp3) is 1.00. The summed E-state index contributed by atoms with van der Waals surface area (Å²) in [4.78, 5) is 2.66. The number of likely N-dealkylation sites (tertiary alicyclic amines) is 1. The highest BCUT2D eigenvalue weighted by Crippen LogP contribution is 2.29. The van der Waals surface area contributed by atoms with E-state index >= 15 is 0 Å². The van der Waals surface area contributed by atoms with Crippen molar-refractivity contribution in [3.05, 3.63) is 0 Å². The van der Waals surface area contributed by atoms with Crippen LogP contribution >= 0.6 is 0 Å². The molecule has 2 N–H and O–H groups in total. The molecular weight excluding hydrogens is 236 g/mol. The lowest BCUT2D eigenvalue weighted by atomic mass is 9.89. The van der Waals surface area contributed by atoms with Crippen LogP contribution in [0, 0.1) is 11.8 Å². The van der Waals surface area contributed by atoms with Crippen molar-refractivity contribution in [3.8, 4) is 0 Å². The first-order valence-electron chi connectivity index (χ1n) is 8.31. The van der Waals surface area contributed by atoms with Crippen molar-refractivity contribution in [3.63, 3.8) is 0 Å². The third-order valence-corrected chi connectivity index (χ3v) is 4.94. The number of hydrogen-bond donors (Lipinski definition) is 2. The number of aliphatic hydroxyl groups excluding tert-OH is 1. The molecule has 0 aromatic rings. The maximum absolute atomic E-state index is 9.04. The smallest absolute Gasteiger partial charge is 0.0431 e. The molecule has 1 saturated carbocycles. The molecule has 2 rings (SSSR count). The van der Waals surface area contributed by atoms with E-state index in [4.69, 9.17) is 5.11 Å². The molecule has 3 unspecified atom stereocenters. The fourth-order valence-electron chi connectivity index (χ4n) is 3.25. The summed E-state index contributed by atoms with van der Waals surface area (Å²) >= 11 is 0. The van der Waals surface area contributed by atoms with Gasteiger partial charge in [-0.05, 0) is 63.8 Å². The maximum Gasteiger partial charge on any atom is 0.0431 e. The van der Waals surface area contributed by atoms with Crippen LogP contribution in [0.3, 0.4) is 0 Å². The highest BCUT2D eigenvalue weighted by atomic mass is 16.2. The average Bonchev–Trinajstić information content (AvgIpc) is 3.26. The molecule has 112 valence electrons. The van der Waals surface area contributed by atoms with Crippen molar-refractivity contribution >= 4 is 0 Å². The van der Waals surface area contributed by atoms with Gasteiger partial charge in [-0.2, -0.15) is 0 Å². The zero-order valence-electron chi connectivity index (χ0n) is 12.8. The van der Waals surface area contributed by atoms with Crippen LogP contribution in [0.15, 0.2) is 0 Å². The topological polar surface area (TPSA) is 35.5 Å². The molecule has 1 aliphatic carbocycles. The molecule has 3 heteroatoms. The van der Waals surface area contributed by atoms with Gasteiger partial charge in [0.05, 0.1) is 0 Å². The molecule has 0 amide bonds. The Balaban J connectivity index is 1.82. The van der Waals surface area contributed by atoms with Crippen molar-refractivity contribution in [1.82, 2.24) is 10.2 Å². The van der Waals surface area contributed by atoms with Gasteiger partial charge in [-0.1, -0.05) is 6.92 Å². The molecule has 2 aliphatic rings. The number of rotatable bonds is 8. The summed E-state index contributed by atoms with van der Waals surface area (Å²) in [5.41, 5.74) is 0. The quantitative estimate of drug-likeness (QED) is 0.709. The molecule has 3 nitrogen and oxygen atoms in total. The number of hydrogen-bond acceptors (Lipinski definition) is 3. The largest absolute Gasteiger partial charge is 0.396 e. The normalized spacial score (nSPS) is 30.5. The Morgan fingerprint density at radius 1 is 1.26 bits per heavy atom. The van der Waals surface area contributed by atoms with Crippen molar-refractivity contribution in [2.45, 2.75) is 64.5 Å². The summed E-state index contributed by atoms with van der Waals surface area (Å²) in [6, 6.07) is 1.37. The number of aliphatic hydroxyl groups is 1. The van der Waals surface area contributed by atoms with E-state index in [0.29, 0.717) is 18.7 Å². The first-order chi connectivity index (χ1) is 9.22. The summed E-state index contributed by atoms with van der Waals surface area (Å²) in [6.45, 7) is 8.67. The first-order valence-corrected chi connectivity index (χ1v) is 8.31. The van der Waals surface area contributed by atoms with E-state index in [9.17, 15) is 0 Å². The highest BCUT2D eigenvalue weighted by Gasteiger charge is 2.30. The Hall–Kier alpha value is -0.120. The SMILES string of the molecule is CCC(C)N1CC(CCCO)CC(NCC2CC2)C1. The molecule has 3 atom stereocenters. The molecule has 0 aromatic carbocycles. The van der Waals surface area contributed by atoms with E-state index in [1.165, 1.54) is 51.7 Å². The van der Waals surface area contributed by atoms with Crippen LogP contribution in [0.1, 0.15) is 52.4 Å². The van der Waals surface area contributed by atoms with Crippen LogP contribution in [0.5, 0.6) is 0 Å². The molecule has 1 heterocycles. The Bertz CT molecular complexity index is 255. The zero-order valence-corrected chi connectivity index (χ0v) is 12.8. The second-order valence-electron chi connectivity index (χ2n) is 6.73. The Morgan fingerprint density at radius 2 is 2.05 bits per heavy atom. The highest BCUT2D eigenvalue weighted by molar-refractivity contribution is 4.87. The summed E-state index contributed by atoms with van der Waals surface area (Å²) in [7, 11) is 0. The predicted molar refractivity (Wildman–Crippen MR) is 80.3 cm³/mol. The lowest BCUT2D eigenvalue weighted by Gasteiger charge is -2.41. The predicted octanol–water partition coefficient (Wildman–Crippen LogP) is 2.25. The van der Waals surface area contributed by atoms with Gasteiger partial charge in [-0.15, -0.1) is 0 Å². The number of piperidine rings is 1. The van der Waals surface area contributed by atoms with Gasteiger partial charge in [0.15, 0.2) is 0 Å². The molecule has 0 radical (unpaired) electrons. The van der Waals surface area contributed by atoms with E-state index < -0.39 is 0 Å². The molecule has 2 fully saturated rings. The standard InChI is InChI=1S/C16H32N2O/c1-3-13(2)18-11-15(5-4-8-19)9-16(12-18)17-10-14-6-7-14/h13-17,19H,3-12H2,1-2H3. The van der Waals surface area contributed by atoms with Gasteiger partial charge in [0.2, 0.25) is 0 Å². The summed E-state index contributed by atoms with van der Waals surface area (Å²) in [5, 5.41) is 12.8. The lowest BCUT2D eigenvalue weighted by molar-refractivity contribution is 0.0944. The molecule has 19 heavy (non-hydrogen) atoms. The van der Waals surface area contributed by atoms with Crippen LogP contribution in [0.2, 0.25) is 0 Å². The number of nitrogens with one attached hydrogen (secondary N) is 1. The fourth-order valence-corrected chi connectivity index (χ4v) is 3.25.